The van der Waals surface area contributed by atoms with Gasteiger partial charge in [0.15, 0.2) is 0 Å². The Morgan fingerprint density at radius 1 is 1.15 bits per heavy atom. The molecule has 2 aromatic rings. The lowest BCUT2D eigenvalue weighted by Gasteiger charge is -2.18. The van der Waals surface area contributed by atoms with E-state index in [0.29, 0.717) is 18.4 Å². The van der Waals surface area contributed by atoms with Crippen LogP contribution >= 0.6 is 0 Å². The number of hydrogen-bond acceptors (Lipinski definition) is 3. The summed E-state index contributed by atoms with van der Waals surface area (Å²) in [6, 6.07) is 6.46. The van der Waals surface area contributed by atoms with Gasteiger partial charge < -0.3 is 14.8 Å². The summed E-state index contributed by atoms with van der Waals surface area (Å²) < 4.78 is 1.41. The third-order valence-corrected chi connectivity index (χ3v) is 3.72. The molecule has 3 rings (SSSR count). The van der Waals surface area contributed by atoms with Crippen molar-refractivity contribution in [2.24, 2.45) is 0 Å². The van der Waals surface area contributed by atoms with Gasteiger partial charge in [-0.05, 0) is 25.0 Å². The molecule has 0 bridgehead atoms. The van der Waals surface area contributed by atoms with E-state index in [4.69, 9.17) is 5.11 Å². The van der Waals surface area contributed by atoms with E-state index in [1.807, 2.05) is 0 Å². The van der Waals surface area contributed by atoms with E-state index in [-0.39, 0.29) is 5.39 Å². The molecular formula is C14H11NO5. The summed E-state index contributed by atoms with van der Waals surface area (Å²) in [5.74, 6) is -2.36. The maximum absolute atomic E-state index is 12.1. The zero-order chi connectivity index (χ0) is 14.5. The molecule has 1 aliphatic rings. The summed E-state index contributed by atoms with van der Waals surface area (Å²) in [6.45, 7) is 0. The highest BCUT2D eigenvalue weighted by Crippen LogP contribution is 2.45. The van der Waals surface area contributed by atoms with Crippen molar-refractivity contribution >= 4 is 22.8 Å². The van der Waals surface area contributed by atoms with Gasteiger partial charge in [-0.25, -0.2) is 9.59 Å². The Hall–Kier alpha value is -2.63. The van der Waals surface area contributed by atoms with Crippen LogP contribution in [-0.4, -0.2) is 26.7 Å². The smallest absolute Gasteiger partial charge is 0.341 e. The van der Waals surface area contributed by atoms with E-state index in [1.54, 1.807) is 18.2 Å². The highest BCUT2D eigenvalue weighted by molar-refractivity contribution is 5.94. The fourth-order valence-corrected chi connectivity index (χ4v) is 2.46. The molecule has 1 aliphatic carbocycles. The van der Waals surface area contributed by atoms with Crippen LogP contribution < -0.4 is 5.43 Å². The molecule has 102 valence electrons. The van der Waals surface area contributed by atoms with Gasteiger partial charge in [0.05, 0.1) is 5.52 Å². The van der Waals surface area contributed by atoms with Crippen molar-refractivity contribution in [3.63, 3.8) is 0 Å². The third-order valence-electron chi connectivity index (χ3n) is 3.72. The van der Waals surface area contributed by atoms with Crippen molar-refractivity contribution in [1.29, 1.82) is 0 Å². The second-order valence-corrected chi connectivity index (χ2v) is 4.90. The normalized spacial score (nSPS) is 16.0. The summed E-state index contributed by atoms with van der Waals surface area (Å²) >= 11 is 0. The first kappa shape index (κ1) is 12.4. The van der Waals surface area contributed by atoms with Crippen LogP contribution in [0.25, 0.3) is 10.9 Å². The highest BCUT2D eigenvalue weighted by Gasteiger charge is 2.52. The maximum atomic E-state index is 12.1. The Balaban J connectivity index is 2.43. The fourth-order valence-electron chi connectivity index (χ4n) is 2.46. The molecule has 0 spiro atoms. The van der Waals surface area contributed by atoms with Gasteiger partial charge in [-0.15, -0.1) is 0 Å². The maximum Gasteiger partial charge on any atom is 0.341 e. The molecule has 1 fully saturated rings. The molecule has 1 heterocycles. The van der Waals surface area contributed by atoms with Crippen LogP contribution in [0.2, 0.25) is 0 Å². The predicted octanol–water partition coefficient (Wildman–Crippen LogP) is 1.27. The number of benzene rings is 1. The van der Waals surface area contributed by atoms with Gasteiger partial charge >= 0.3 is 11.9 Å². The number of para-hydroxylation sites is 1. The van der Waals surface area contributed by atoms with Crippen molar-refractivity contribution in [3.8, 4) is 0 Å². The van der Waals surface area contributed by atoms with Crippen LogP contribution in [0, 0.1) is 0 Å². The molecule has 2 N–H and O–H groups in total. The van der Waals surface area contributed by atoms with Crippen LogP contribution in [0.15, 0.2) is 35.3 Å². The van der Waals surface area contributed by atoms with Gasteiger partial charge in [0.2, 0.25) is 5.43 Å². The number of hydrogen-bond donors (Lipinski definition) is 2. The molecule has 20 heavy (non-hydrogen) atoms. The minimum absolute atomic E-state index is 0.222. The zero-order valence-electron chi connectivity index (χ0n) is 10.4. The first-order chi connectivity index (χ1) is 9.47. The number of carboxylic acids is 2. The Labute approximate surface area is 112 Å². The number of carbonyl (C=O) groups is 2. The first-order valence-corrected chi connectivity index (χ1v) is 6.09. The van der Waals surface area contributed by atoms with Gasteiger partial charge in [0, 0.05) is 11.6 Å². The SMILES string of the molecule is O=C(O)c1cn(C2(C(=O)O)CC2)c2ccccc2c1=O. The number of aromatic carboxylic acids is 1. The first-order valence-electron chi connectivity index (χ1n) is 6.09. The predicted molar refractivity (Wildman–Crippen MR) is 70.0 cm³/mol. The Kier molecular flexibility index (Phi) is 2.44. The minimum Gasteiger partial charge on any atom is -0.479 e. The molecule has 0 atom stereocenters. The average molecular weight is 273 g/mol. The summed E-state index contributed by atoms with van der Waals surface area (Å²) in [4.78, 5) is 34.7. The monoisotopic (exact) mass is 273 g/mol. The van der Waals surface area contributed by atoms with E-state index in [0.717, 1.165) is 6.20 Å². The highest BCUT2D eigenvalue weighted by atomic mass is 16.4. The number of carboxylic acid groups (broad SMARTS) is 2. The van der Waals surface area contributed by atoms with Crippen molar-refractivity contribution in [2.45, 2.75) is 18.4 Å². The van der Waals surface area contributed by atoms with Gasteiger partial charge in [-0.1, -0.05) is 12.1 Å². The number of rotatable bonds is 3. The van der Waals surface area contributed by atoms with Crippen LogP contribution in [0.4, 0.5) is 0 Å². The average Bonchev–Trinajstić information content (AvgIpc) is 3.20. The summed E-state index contributed by atoms with van der Waals surface area (Å²) in [7, 11) is 0. The summed E-state index contributed by atoms with van der Waals surface area (Å²) in [5.41, 5.74) is -1.68. The van der Waals surface area contributed by atoms with Crippen LogP contribution in [0.1, 0.15) is 23.2 Å². The van der Waals surface area contributed by atoms with E-state index < -0.39 is 28.5 Å². The lowest BCUT2D eigenvalue weighted by atomic mass is 10.1. The molecular weight excluding hydrogens is 262 g/mol. The van der Waals surface area contributed by atoms with Crippen LogP contribution in [0.5, 0.6) is 0 Å². The number of fused-ring (bicyclic) bond motifs is 1. The van der Waals surface area contributed by atoms with Gasteiger partial charge in [-0.3, -0.25) is 4.79 Å². The molecule has 1 saturated carbocycles. The van der Waals surface area contributed by atoms with Gasteiger partial charge in [0.25, 0.3) is 0 Å². The molecule has 0 amide bonds. The second-order valence-electron chi connectivity index (χ2n) is 4.90. The van der Waals surface area contributed by atoms with Gasteiger partial charge in [0.1, 0.15) is 11.1 Å². The van der Waals surface area contributed by atoms with Crippen molar-refractivity contribution in [2.75, 3.05) is 0 Å². The Morgan fingerprint density at radius 2 is 1.80 bits per heavy atom. The van der Waals surface area contributed by atoms with E-state index in [1.165, 1.54) is 10.6 Å². The second kappa shape index (κ2) is 3.93. The molecule has 1 aromatic heterocycles. The molecule has 0 unspecified atom stereocenters. The van der Waals surface area contributed by atoms with E-state index in [9.17, 15) is 19.5 Å². The summed E-state index contributed by atoms with van der Waals surface area (Å²) in [5, 5.41) is 18.7. The van der Waals surface area contributed by atoms with Crippen LogP contribution in [-0.2, 0) is 10.3 Å². The molecule has 1 aromatic carbocycles. The Bertz CT molecular complexity index is 801. The Morgan fingerprint density at radius 3 is 2.35 bits per heavy atom. The molecule has 6 nitrogen and oxygen atoms in total. The number of pyridine rings is 1. The minimum atomic E-state index is -1.35. The molecule has 0 radical (unpaired) electrons. The largest absolute Gasteiger partial charge is 0.479 e. The lowest BCUT2D eigenvalue weighted by molar-refractivity contribution is -0.142. The van der Waals surface area contributed by atoms with Crippen LogP contribution in [0.3, 0.4) is 0 Å². The zero-order valence-corrected chi connectivity index (χ0v) is 10.4. The molecule has 0 saturated heterocycles. The lowest BCUT2D eigenvalue weighted by Crippen LogP contribution is -2.30. The topological polar surface area (TPSA) is 96.6 Å². The van der Waals surface area contributed by atoms with Gasteiger partial charge in [-0.2, -0.15) is 0 Å². The molecule has 6 heteroatoms. The number of aliphatic carboxylic acids is 1. The third kappa shape index (κ3) is 1.54. The number of nitrogens with zero attached hydrogens (tertiary/aromatic N) is 1. The van der Waals surface area contributed by atoms with Crippen molar-refractivity contribution in [3.05, 3.63) is 46.2 Å². The van der Waals surface area contributed by atoms with E-state index >= 15 is 0 Å². The standard InChI is InChI=1S/C14H11NO5/c16-11-8-3-1-2-4-10(8)15(7-9(11)12(17)18)14(5-6-14)13(19)20/h1-4,7H,5-6H2,(H,17,18)(H,19,20). The summed E-state index contributed by atoms with van der Waals surface area (Å²) in [6.07, 6.45) is 2.00. The molecule has 0 aliphatic heterocycles. The number of aromatic nitrogens is 1. The van der Waals surface area contributed by atoms with Crippen molar-refractivity contribution in [1.82, 2.24) is 4.57 Å². The van der Waals surface area contributed by atoms with E-state index in [2.05, 4.69) is 0 Å². The quantitative estimate of drug-likeness (QED) is 0.877. The van der Waals surface area contributed by atoms with Crippen molar-refractivity contribution < 1.29 is 19.8 Å². The fraction of sp³-hybridized carbons (Fsp3) is 0.214.